The summed E-state index contributed by atoms with van der Waals surface area (Å²) < 4.78 is 14.1. The molecule has 0 heterocycles. The summed E-state index contributed by atoms with van der Waals surface area (Å²) in [6, 6.07) is 12.8. The largest absolute Gasteiger partial charge is 0.352 e. The Morgan fingerprint density at radius 3 is 2.25 bits per heavy atom. The zero-order valence-corrected chi connectivity index (χ0v) is 17.2. The lowest BCUT2D eigenvalue weighted by atomic mass is 10.1. The molecule has 28 heavy (non-hydrogen) atoms. The third kappa shape index (κ3) is 6.06. The van der Waals surface area contributed by atoms with Gasteiger partial charge in [0, 0.05) is 29.6 Å². The van der Waals surface area contributed by atoms with Crippen LogP contribution in [0.5, 0.6) is 0 Å². The molecule has 0 saturated heterocycles. The Morgan fingerprint density at radius 1 is 1.04 bits per heavy atom. The number of carbonyl (C=O) groups excluding carboxylic acids is 2. The van der Waals surface area contributed by atoms with Gasteiger partial charge in [0.05, 0.1) is 0 Å². The average molecular weight is 405 g/mol. The quantitative estimate of drug-likeness (QED) is 0.710. The van der Waals surface area contributed by atoms with Gasteiger partial charge in [-0.25, -0.2) is 4.39 Å². The van der Waals surface area contributed by atoms with E-state index < -0.39 is 11.9 Å². The van der Waals surface area contributed by atoms with Gasteiger partial charge in [0.1, 0.15) is 11.9 Å². The Labute approximate surface area is 170 Å². The first-order valence-electron chi connectivity index (χ1n) is 9.36. The van der Waals surface area contributed by atoms with Gasteiger partial charge in [-0.2, -0.15) is 0 Å². The van der Waals surface area contributed by atoms with E-state index in [9.17, 15) is 14.0 Å². The number of rotatable bonds is 8. The van der Waals surface area contributed by atoms with Crippen molar-refractivity contribution in [3.8, 4) is 0 Å². The van der Waals surface area contributed by atoms with Crippen LogP contribution >= 0.6 is 11.6 Å². The Bertz CT molecular complexity index is 826. The standard InChI is InChI=1S/C22H26ClFN2O2/c1-15(2)25-22(28)16(3)26(14-18-9-5-7-11-20(18)24)21(27)13-12-17-8-4-6-10-19(17)23/h4-11,15-16H,12-14H2,1-3H3,(H,25,28)/t16-/m1/s1. The lowest BCUT2D eigenvalue weighted by molar-refractivity contribution is -0.140. The molecular weight excluding hydrogens is 379 g/mol. The number of nitrogens with zero attached hydrogens (tertiary/aromatic N) is 1. The zero-order valence-electron chi connectivity index (χ0n) is 16.4. The van der Waals surface area contributed by atoms with E-state index in [2.05, 4.69) is 5.32 Å². The molecule has 0 radical (unpaired) electrons. The summed E-state index contributed by atoms with van der Waals surface area (Å²) in [5.41, 5.74) is 1.24. The third-order valence-corrected chi connectivity index (χ3v) is 4.83. The van der Waals surface area contributed by atoms with E-state index in [4.69, 9.17) is 11.6 Å². The van der Waals surface area contributed by atoms with Gasteiger partial charge in [-0.3, -0.25) is 9.59 Å². The van der Waals surface area contributed by atoms with E-state index in [0.29, 0.717) is 17.0 Å². The normalized spacial score (nSPS) is 11.9. The fourth-order valence-electron chi connectivity index (χ4n) is 2.88. The van der Waals surface area contributed by atoms with Crippen LogP contribution in [-0.2, 0) is 22.6 Å². The molecule has 2 aromatic carbocycles. The Hall–Kier alpha value is -2.40. The Morgan fingerprint density at radius 2 is 1.64 bits per heavy atom. The van der Waals surface area contributed by atoms with Crippen LogP contribution in [0, 0.1) is 5.82 Å². The van der Waals surface area contributed by atoms with Gasteiger partial charge in [-0.1, -0.05) is 48.0 Å². The molecule has 0 spiro atoms. The molecule has 0 saturated carbocycles. The molecular formula is C22H26ClFN2O2. The van der Waals surface area contributed by atoms with Gasteiger partial charge in [0.25, 0.3) is 0 Å². The van der Waals surface area contributed by atoms with Crippen LogP contribution in [-0.4, -0.2) is 28.8 Å². The summed E-state index contributed by atoms with van der Waals surface area (Å²) in [5, 5.41) is 3.41. The molecule has 150 valence electrons. The van der Waals surface area contributed by atoms with E-state index in [1.165, 1.54) is 11.0 Å². The minimum Gasteiger partial charge on any atom is -0.352 e. The van der Waals surface area contributed by atoms with Crippen molar-refractivity contribution >= 4 is 23.4 Å². The van der Waals surface area contributed by atoms with Crippen molar-refractivity contribution in [2.24, 2.45) is 0 Å². The lowest BCUT2D eigenvalue weighted by Gasteiger charge is -2.29. The predicted molar refractivity (Wildman–Crippen MR) is 109 cm³/mol. The highest BCUT2D eigenvalue weighted by molar-refractivity contribution is 6.31. The summed E-state index contributed by atoms with van der Waals surface area (Å²) in [6.45, 7) is 5.39. The number of hydrogen-bond donors (Lipinski definition) is 1. The molecule has 1 N–H and O–H groups in total. The van der Waals surface area contributed by atoms with Crippen LogP contribution in [0.4, 0.5) is 4.39 Å². The smallest absolute Gasteiger partial charge is 0.242 e. The molecule has 0 aliphatic rings. The van der Waals surface area contributed by atoms with Crippen molar-refractivity contribution in [2.75, 3.05) is 0 Å². The topological polar surface area (TPSA) is 49.4 Å². The second-order valence-corrected chi connectivity index (χ2v) is 7.45. The number of hydrogen-bond acceptors (Lipinski definition) is 2. The van der Waals surface area contributed by atoms with Crippen LogP contribution in [0.15, 0.2) is 48.5 Å². The SMILES string of the molecule is CC(C)NC(=O)[C@@H](C)N(Cc1ccccc1F)C(=O)CCc1ccccc1Cl. The van der Waals surface area contributed by atoms with Gasteiger partial charge >= 0.3 is 0 Å². The molecule has 0 aliphatic heterocycles. The van der Waals surface area contributed by atoms with Crippen molar-refractivity contribution in [1.29, 1.82) is 0 Å². The number of carbonyl (C=O) groups is 2. The lowest BCUT2D eigenvalue weighted by Crippen LogP contribution is -2.49. The second kappa shape index (κ2) is 10.2. The van der Waals surface area contributed by atoms with E-state index in [0.717, 1.165) is 5.56 Å². The molecule has 0 fully saturated rings. The molecule has 0 unspecified atom stereocenters. The summed E-state index contributed by atoms with van der Waals surface area (Å²) in [7, 11) is 0. The van der Waals surface area contributed by atoms with Crippen molar-refractivity contribution in [2.45, 2.75) is 52.2 Å². The van der Waals surface area contributed by atoms with Crippen LogP contribution < -0.4 is 5.32 Å². The molecule has 2 amide bonds. The highest BCUT2D eigenvalue weighted by Crippen LogP contribution is 2.19. The summed E-state index contributed by atoms with van der Waals surface area (Å²) >= 11 is 6.17. The molecule has 4 nitrogen and oxygen atoms in total. The number of amides is 2. The van der Waals surface area contributed by atoms with Gasteiger partial charge in [-0.05, 0) is 44.9 Å². The highest BCUT2D eigenvalue weighted by atomic mass is 35.5. The maximum atomic E-state index is 14.1. The van der Waals surface area contributed by atoms with Crippen LogP contribution in [0.25, 0.3) is 0 Å². The summed E-state index contributed by atoms with van der Waals surface area (Å²) in [6.07, 6.45) is 0.627. The third-order valence-electron chi connectivity index (χ3n) is 4.46. The molecule has 0 aliphatic carbocycles. The summed E-state index contributed by atoms with van der Waals surface area (Å²) in [5.74, 6) is -0.894. The minimum absolute atomic E-state index is 0.0285. The van der Waals surface area contributed by atoms with Crippen molar-refractivity contribution < 1.29 is 14.0 Å². The number of aryl methyl sites for hydroxylation is 1. The molecule has 2 aromatic rings. The van der Waals surface area contributed by atoms with E-state index in [1.54, 1.807) is 31.2 Å². The first-order valence-corrected chi connectivity index (χ1v) is 9.74. The number of halogens is 2. The van der Waals surface area contributed by atoms with Crippen molar-refractivity contribution in [3.05, 3.63) is 70.5 Å². The van der Waals surface area contributed by atoms with Crippen LogP contribution in [0.3, 0.4) is 0 Å². The van der Waals surface area contributed by atoms with E-state index in [1.807, 2.05) is 32.0 Å². The number of benzene rings is 2. The maximum absolute atomic E-state index is 14.1. The monoisotopic (exact) mass is 404 g/mol. The van der Waals surface area contributed by atoms with E-state index >= 15 is 0 Å². The molecule has 2 rings (SSSR count). The molecule has 0 aromatic heterocycles. The average Bonchev–Trinajstić information content (AvgIpc) is 2.65. The first-order chi connectivity index (χ1) is 13.3. The Kier molecular flexibility index (Phi) is 8.00. The molecule has 6 heteroatoms. The summed E-state index contributed by atoms with van der Waals surface area (Å²) in [4.78, 5) is 26.9. The van der Waals surface area contributed by atoms with Gasteiger partial charge in [0.15, 0.2) is 0 Å². The Balaban J connectivity index is 2.18. The van der Waals surface area contributed by atoms with Crippen LogP contribution in [0.2, 0.25) is 5.02 Å². The molecule has 1 atom stereocenters. The number of nitrogens with one attached hydrogen (secondary N) is 1. The highest BCUT2D eigenvalue weighted by Gasteiger charge is 2.27. The van der Waals surface area contributed by atoms with Crippen molar-refractivity contribution in [3.63, 3.8) is 0 Å². The fraction of sp³-hybridized carbons (Fsp3) is 0.364. The molecule has 0 bridgehead atoms. The fourth-order valence-corrected chi connectivity index (χ4v) is 3.11. The minimum atomic E-state index is -0.722. The van der Waals surface area contributed by atoms with Crippen LogP contribution in [0.1, 0.15) is 38.3 Å². The maximum Gasteiger partial charge on any atom is 0.242 e. The van der Waals surface area contributed by atoms with E-state index in [-0.39, 0.29) is 30.8 Å². The zero-order chi connectivity index (χ0) is 20.7. The second-order valence-electron chi connectivity index (χ2n) is 7.04. The predicted octanol–water partition coefficient (Wildman–Crippen LogP) is 4.35. The van der Waals surface area contributed by atoms with Gasteiger partial charge in [0.2, 0.25) is 11.8 Å². The first kappa shape index (κ1) is 21.9. The van der Waals surface area contributed by atoms with Gasteiger partial charge < -0.3 is 10.2 Å². The van der Waals surface area contributed by atoms with Gasteiger partial charge in [-0.15, -0.1) is 0 Å². The van der Waals surface area contributed by atoms with Crippen molar-refractivity contribution in [1.82, 2.24) is 10.2 Å².